The summed E-state index contributed by atoms with van der Waals surface area (Å²) < 4.78 is 4.91. The minimum atomic E-state index is -0.128. The topological polar surface area (TPSA) is 38.3 Å². The molecule has 0 aromatic heterocycles. The fourth-order valence-electron chi connectivity index (χ4n) is 2.12. The molecular formula is C12H22ClNO2. The summed E-state index contributed by atoms with van der Waals surface area (Å²) in [4.78, 5) is 11.8. The molecule has 1 fully saturated rings. The number of rotatable bonds is 5. The van der Waals surface area contributed by atoms with Crippen molar-refractivity contribution in [2.24, 2.45) is 11.8 Å². The lowest BCUT2D eigenvalue weighted by atomic mass is 9.82. The molecule has 1 aliphatic rings. The lowest BCUT2D eigenvalue weighted by Gasteiger charge is -2.25. The highest BCUT2D eigenvalue weighted by Crippen LogP contribution is 2.28. The Morgan fingerprint density at radius 2 is 2.06 bits per heavy atom. The van der Waals surface area contributed by atoms with Gasteiger partial charge in [-0.2, -0.15) is 0 Å². The average molecular weight is 248 g/mol. The Balaban J connectivity index is 2.19. The van der Waals surface area contributed by atoms with Crippen molar-refractivity contribution in [3.05, 3.63) is 0 Å². The van der Waals surface area contributed by atoms with Crippen LogP contribution in [0.3, 0.4) is 0 Å². The lowest BCUT2D eigenvalue weighted by Crippen LogP contribution is -2.37. The zero-order valence-corrected chi connectivity index (χ0v) is 10.9. The number of hydrogen-bond donors (Lipinski definition) is 1. The second-order valence-corrected chi connectivity index (χ2v) is 5.37. The van der Waals surface area contributed by atoms with E-state index in [1.54, 1.807) is 7.11 Å². The zero-order chi connectivity index (χ0) is 12.0. The van der Waals surface area contributed by atoms with Gasteiger partial charge in [-0.1, -0.05) is 6.92 Å². The molecule has 1 aliphatic carbocycles. The van der Waals surface area contributed by atoms with Gasteiger partial charge < -0.3 is 10.1 Å². The summed E-state index contributed by atoms with van der Waals surface area (Å²) in [7, 11) is 1.61. The second kappa shape index (κ2) is 7.13. The van der Waals surface area contributed by atoms with Gasteiger partial charge in [0.2, 0.25) is 5.91 Å². The molecule has 94 valence electrons. The van der Waals surface area contributed by atoms with E-state index in [-0.39, 0.29) is 17.2 Å². The molecule has 4 heteroatoms. The molecule has 0 heterocycles. The van der Waals surface area contributed by atoms with Gasteiger partial charge in [-0.25, -0.2) is 0 Å². The Bertz CT molecular complexity index is 215. The summed E-state index contributed by atoms with van der Waals surface area (Å²) in [6.07, 6.45) is 4.37. The second-order valence-electron chi connectivity index (χ2n) is 4.75. The Morgan fingerprint density at radius 3 is 2.62 bits per heavy atom. The summed E-state index contributed by atoms with van der Waals surface area (Å²) in [5.41, 5.74) is 0. The normalized spacial score (nSPS) is 27.4. The predicted octanol–water partition coefficient (Wildman–Crippen LogP) is 2.18. The Labute approximate surface area is 103 Å². The van der Waals surface area contributed by atoms with E-state index in [1.165, 1.54) is 12.8 Å². The number of carbonyl (C=O) groups excluding carboxylic acids is 1. The van der Waals surface area contributed by atoms with Gasteiger partial charge in [0.05, 0.1) is 12.0 Å². The van der Waals surface area contributed by atoms with E-state index in [0.29, 0.717) is 13.2 Å². The average Bonchev–Trinajstić information content (AvgIpc) is 2.27. The van der Waals surface area contributed by atoms with Crippen LogP contribution in [0.5, 0.6) is 0 Å². The molecule has 0 saturated heterocycles. The van der Waals surface area contributed by atoms with Gasteiger partial charge in [0.1, 0.15) is 0 Å². The fraction of sp³-hybridized carbons (Fsp3) is 0.917. The van der Waals surface area contributed by atoms with Crippen LogP contribution < -0.4 is 5.32 Å². The number of nitrogens with one attached hydrogen (secondary N) is 1. The minimum Gasteiger partial charge on any atom is -0.383 e. The molecule has 0 aliphatic heterocycles. The van der Waals surface area contributed by atoms with E-state index in [4.69, 9.17) is 16.3 Å². The molecule has 0 bridgehead atoms. The number of methoxy groups -OCH3 is 1. The van der Waals surface area contributed by atoms with Crippen LogP contribution in [0.25, 0.3) is 0 Å². The summed E-state index contributed by atoms with van der Waals surface area (Å²) in [6.45, 7) is 3.23. The van der Waals surface area contributed by atoms with Crippen LogP contribution in [-0.4, -0.2) is 31.5 Å². The number of carbonyl (C=O) groups is 1. The number of ether oxygens (including phenoxy) is 1. The summed E-state index contributed by atoms with van der Waals surface area (Å²) in [5.74, 6) is 1.13. The maximum atomic E-state index is 11.8. The van der Waals surface area contributed by atoms with Crippen molar-refractivity contribution in [2.45, 2.75) is 38.0 Å². The van der Waals surface area contributed by atoms with Crippen LogP contribution in [0, 0.1) is 11.8 Å². The quantitative estimate of drug-likeness (QED) is 0.757. The largest absolute Gasteiger partial charge is 0.383 e. The van der Waals surface area contributed by atoms with E-state index in [9.17, 15) is 4.79 Å². The number of halogens is 1. The molecule has 3 nitrogen and oxygen atoms in total. The molecule has 16 heavy (non-hydrogen) atoms. The SMILES string of the molecule is COCC(Cl)CNC(=O)C1CCC(C)CC1. The van der Waals surface area contributed by atoms with Gasteiger partial charge in [-0.05, 0) is 31.6 Å². The first-order valence-corrected chi connectivity index (χ1v) is 6.47. The first-order chi connectivity index (χ1) is 7.63. The highest BCUT2D eigenvalue weighted by atomic mass is 35.5. The van der Waals surface area contributed by atoms with E-state index < -0.39 is 0 Å². The zero-order valence-electron chi connectivity index (χ0n) is 10.2. The Hall–Kier alpha value is -0.280. The van der Waals surface area contributed by atoms with Crippen molar-refractivity contribution in [1.29, 1.82) is 0 Å². The van der Waals surface area contributed by atoms with Gasteiger partial charge in [0, 0.05) is 19.6 Å². The van der Waals surface area contributed by atoms with Gasteiger partial charge in [0.25, 0.3) is 0 Å². The molecule has 0 spiro atoms. The van der Waals surface area contributed by atoms with E-state index in [1.807, 2.05) is 0 Å². The minimum absolute atomic E-state index is 0.128. The molecule has 1 rings (SSSR count). The first kappa shape index (κ1) is 13.8. The maximum absolute atomic E-state index is 11.8. The molecule has 1 amide bonds. The monoisotopic (exact) mass is 247 g/mol. The lowest BCUT2D eigenvalue weighted by molar-refractivity contribution is -0.126. The molecule has 1 N–H and O–H groups in total. The molecule has 0 radical (unpaired) electrons. The van der Waals surface area contributed by atoms with Crippen LogP contribution in [0.1, 0.15) is 32.6 Å². The van der Waals surface area contributed by atoms with Crippen molar-refractivity contribution in [2.75, 3.05) is 20.3 Å². The Morgan fingerprint density at radius 1 is 1.44 bits per heavy atom. The van der Waals surface area contributed by atoms with Gasteiger partial charge in [-0.3, -0.25) is 4.79 Å². The van der Waals surface area contributed by atoms with Crippen molar-refractivity contribution >= 4 is 17.5 Å². The Kier molecular flexibility index (Phi) is 6.14. The van der Waals surface area contributed by atoms with Crippen molar-refractivity contribution in [3.8, 4) is 0 Å². The third kappa shape index (κ3) is 4.71. The highest BCUT2D eigenvalue weighted by molar-refractivity contribution is 6.21. The van der Waals surface area contributed by atoms with Crippen LogP contribution in [0.2, 0.25) is 0 Å². The van der Waals surface area contributed by atoms with E-state index in [2.05, 4.69) is 12.2 Å². The van der Waals surface area contributed by atoms with Gasteiger partial charge >= 0.3 is 0 Å². The molecule has 0 aromatic carbocycles. The maximum Gasteiger partial charge on any atom is 0.223 e. The standard InChI is InChI=1S/C12H22ClNO2/c1-9-3-5-10(6-4-9)12(15)14-7-11(13)8-16-2/h9-11H,3-8H2,1-2H3,(H,14,15). The third-order valence-electron chi connectivity index (χ3n) is 3.23. The summed E-state index contributed by atoms with van der Waals surface area (Å²) in [6, 6.07) is 0. The van der Waals surface area contributed by atoms with E-state index >= 15 is 0 Å². The van der Waals surface area contributed by atoms with Crippen LogP contribution in [-0.2, 0) is 9.53 Å². The first-order valence-electron chi connectivity index (χ1n) is 6.04. The summed E-state index contributed by atoms with van der Waals surface area (Å²) in [5, 5.41) is 2.77. The van der Waals surface area contributed by atoms with Crippen molar-refractivity contribution in [3.63, 3.8) is 0 Å². The summed E-state index contributed by atoms with van der Waals surface area (Å²) >= 11 is 5.95. The molecule has 1 saturated carbocycles. The van der Waals surface area contributed by atoms with Crippen molar-refractivity contribution in [1.82, 2.24) is 5.32 Å². The highest BCUT2D eigenvalue weighted by Gasteiger charge is 2.24. The van der Waals surface area contributed by atoms with Crippen LogP contribution in [0.4, 0.5) is 0 Å². The number of hydrogen-bond acceptors (Lipinski definition) is 2. The van der Waals surface area contributed by atoms with Crippen molar-refractivity contribution < 1.29 is 9.53 Å². The van der Waals surface area contributed by atoms with Crippen LogP contribution >= 0.6 is 11.6 Å². The number of amides is 1. The fourth-order valence-corrected chi connectivity index (χ4v) is 2.32. The predicted molar refractivity (Wildman–Crippen MR) is 65.6 cm³/mol. The molecule has 0 aromatic rings. The molecular weight excluding hydrogens is 226 g/mol. The third-order valence-corrected chi connectivity index (χ3v) is 3.51. The smallest absolute Gasteiger partial charge is 0.223 e. The van der Waals surface area contributed by atoms with Crippen LogP contribution in [0.15, 0.2) is 0 Å². The molecule has 1 atom stereocenters. The van der Waals surface area contributed by atoms with Gasteiger partial charge in [-0.15, -0.1) is 11.6 Å². The molecule has 1 unspecified atom stereocenters. The van der Waals surface area contributed by atoms with Gasteiger partial charge in [0.15, 0.2) is 0 Å². The number of alkyl halides is 1. The van der Waals surface area contributed by atoms with E-state index in [0.717, 1.165) is 18.8 Å².